The molecule has 3 aliphatic rings. The van der Waals surface area contributed by atoms with Crippen LogP contribution in [0.25, 0.3) is 12.2 Å². The van der Waals surface area contributed by atoms with Crippen molar-refractivity contribution in [2.75, 3.05) is 120 Å². The number of rotatable bonds is 28. The predicted octanol–water partition coefficient (Wildman–Crippen LogP) is 12.6. The molecule has 7 aromatic rings. The molecular weight excluding hydrogens is 1370 g/mol. The van der Waals surface area contributed by atoms with Gasteiger partial charge in [-0.1, -0.05) is 65.8 Å². The highest BCUT2D eigenvalue weighted by molar-refractivity contribution is 7.99. The van der Waals surface area contributed by atoms with E-state index in [1.165, 1.54) is 62.4 Å². The average Bonchev–Trinajstić information content (AvgIpc) is 1.79. The van der Waals surface area contributed by atoms with Gasteiger partial charge < -0.3 is 50.3 Å². The molecule has 99 heavy (non-hydrogen) atoms. The molecule has 0 bridgehead atoms. The van der Waals surface area contributed by atoms with Crippen molar-refractivity contribution in [2.45, 2.75) is 93.8 Å². The second-order valence-electron chi connectivity index (χ2n) is 22.8. The van der Waals surface area contributed by atoms with Crippen LogP contribution in [-0.4, -0.2) is 158 Å². The summed E-state index contributed by atoms with van der Waals surface area (Å²) in [5.74, 6) is -1.56. The summed E-state index contributed by atoms with van der Waals surface area (Å²) >= 11 is 3.76. The molecule has 10 rings (SSSR count). The van der Waals surface area contributed by atoms with Crippen molar-refractivity contribution in [3.8, 4) is 0 Å². The van der Waals surface area contributed by atoms with Gasteiger partial charge in [0.25, 0.3) is 32.1 Å². The summed E-state index contributed by atoms with van der Waals surface area (Å²) < 4.78 is 78.2. The standard InChI is InChI=1S/C65H75N17O12S5/c1-7-79(8-2)44-22-24-51(75-77-64-70-57(81-26-30-93-31-27-81)55(96-64)38-49(40(5)83)59(85)66-42-16-14-20-47(34-42)98(87,88)89)53(36-44)68-61-72-62(74-63(73-61)95-46-18-12-11-13-19-46)69-54-37-45(80(9-3)10-4)23-25-52(54)76-78-65-71-58(82-28-32-94-33-29-82)56(97-65)39-50(41(6)84)60(86)67-43-17-15-21-48(35-43)99(90,91)92/h14-17,20-25,34-39,46H,7-13,18-19,26-33H2,1-6H3,(H,66,85)(H,67,86)(H,87,88,89)(H,90,91,92)(H2,68,69,72,73,74)/b49-38-,50-39+,77-75+,78-76+. The number of nitrogens with one attached hydrogen (secondary N) is 4. The van der Waals surface area contributed by atoms with Gasteiger partial charge in [-0.2, -0.15) is 41.8 Å². The molecule has 4 aromatic carbocycles. The zero-order valence-electron chi connectivity index (χ0n) is 55.2. The third kappa shape index (κ3) is 19.3. The van der Waals surface area contributed by atoms with E-state index in [4.69, 9.17) is 44.6 Å². The summed E-state index contributed by atoms with van der Waals surface area (Å²) in [5.41, 5.74) is 3.05. The highest BCUT2D eigenvalue weighted by Crippen LogP contribution is 2.42. The molecule has 0 unspecified atom stereocenters. The Labute approximate surface area is 585 Å². The predicted molar refractivity (Wildman–Crippen MR) is 385 cm³/mol. The summed E-state index contributed by atoms with van der Waals surface area (Å²) in [6.45, 7) is 16.9. The van der Waals surface area contributed by atoms with Crippen LogP contribution in [-0.2, 0) is 48.9 Å². The summed E-state index contributed by atoms with van der Waals surface area (Å²) in [7, 11) is -9.19. The van der Waals surface area contributed by atoms with Crippen molar-refractivity contribution < 1.29 is 54.6 Å². The van der Waals surface area contributed by atoms with E-state index >= 15 is 0 Å². The fraction of sp³-hybridized carbons (Fsp3) is 0.369. The molecule has 2 saturated heterocycles. The van der Waals surface area contributed by atoms with Gasteiger partial charge in [-0.3, -0.25) is 28.3 Å². The Balaban J connectivity index is 1.00. The number of morpholine rings is 2. The van der Waals surface area contributed by atoms with Gasteiger partial charge in [0.1, 0.15) is 23.0 Å². The third-order valence-electron chi connectivity index (χ3n) is 16.1. The van der Waals surface area contributed by atoms with Crippen molar-refractivity contribution in [3.63, 3.8) is 0 Å². The number of nitrogens with zero attached hydrogens (tertiary/aromatic N) is 13. The quantitative estimate of drug-likeness (QED) is 0.00872. The first-order valence-corrected chi connectivity index (χ1v) is 37.4. The fourth-order valence-corrected chi connectivity index (χ4v) is 14.9. The van der Waals surface area contributed by atoms with E-state index in [0.717, 1.165) is 78.3 Å². The maximum atomic E-state index is 13.8. The lowest BCUT2D eigenvalue weighted by atomic mass is 10.0. The summed E-state index contributed by atoms with van der Waals surface area (Å²) in [5, 5.41) is 32.1. The van der Waals surface area contributed by atoms with Crippen LogP contribution < -0.4 is 40.9 Å². The first kappa shape index (κ1) is 72.7. The molecular formula is C65H75N17O12S5. The highest BCUT2D eigenvalue weighted by Gasteiger charge is 2.27. The Morgan fingerprint density at radius 1 is 0.576 bits per heavy atom. The minimum Gasteiger partial charge on any atom is -0.378 e. The first-order valence-electron chi connectivity index (χ1n) is 32.0. The second kappa shape index (κ2) is 33.2. The smallest absolute Gasteiger partial charge is 0.294 e. The van der Waals surface area contributed by atoms with Gasteiger partial charge in [0.05, 0.1) is 68.5 Å². The lowest BCUT2D eigenvalue weighted by molar-refractivity contribution is -0.120. The molecule has 1 aliphatic carbocycles. The van der Waals surface area contributed by atoms with Crippen molar-refractivity contribution >= 4 is 169 Å². The molecule has 2 amide bonds. The molecule has 2 aliphatic heterocycles. The van der Waals surface area contributed by atoms with Gasteiger partial charge in [0.15, 0.2) is 16.7 Å². The number of thiazole rings is 2. The second-order valence-corrected chi connectivity index (χ2v) is 28.9. The van der Waals surface area contributed by atoms with Crippen LogP contribution in [0, 0.1) is 0 Å². The van der Waals surface area contributed by atoms with Crippen LogP contribution in [0.15, 0.2) is 131 Å². The number of anilines is 10. The normalized spacial score (nSPS) is 15.2. The van der Waals surface area contributed by atoms with Crippen LogP contribution in [0.3, 0.4) is 0 Å². The van der Waals surface area contributed by atoms with E-state index in [9.17, 15) is 45.1 Å². The van der Waals surface area contributed by atoms with Gasteiger partial charge in [-0.05, 0) is 139 Å². The number of hydrogen-bond donors (Lipinski definition) is 6. The molecule has 0 spiro atoms. The van der Waals surface area contributed by atoms with Crippen LogP contribution in [0.5, 0.6) is 0 Å². The summed E-state index contributed by atoms with van der Waals surface area (Å²) in [6.07, 6.45) is 8.07. The number of azo groups is 2. The minimum atomic E-state index is -4.59. The largest absolute Gasteiger partial charge is 0.378 e. The van der Waals surface area contributed by atoms with Crippen molar-refractivity contribution in [1.82, 2.24) is 24.9 Å². The Hall–Kier alpha value is -9.00. The third-order valence-corrected chi connectivity index (χ3v) is 20.7. The number of thioether (sulfide) groups is 1. The number of hydrogen-bond acceptors (Lipinski definition) is 28. The summed E-state index contributed by atoms with van der Waals surface area (Å²) in [6, 6.07) is 21.4. The van der Waals surface area contributed by atoms with E-state index in [1.807, 2.05) is 46.2 Å². The monoisotopic (exact) mass is 1450 g/mol. The van der Waals surface area contributed by atoms with E-state index in [0.29, 0.717) is 128 Å². The Morgan fingerprint density at radius 2 is 0.990 bits per heavy atom. The maximum absolute atomic E-state index is 13.8. The molecule has 3 fully saturated rings. The van der Waals surface area contributed by atoms with Crippen LogP contribution >= 0.6 is 34.4 Å². The topological polar surface area (TPSA) is 370 Å². The maximum Gasteiger partial charge on any atom is 0.294 e. The molecule has 0 atom stereocenters. The van der Waals surface area contributed by atoms with Gasteiger partial charge >= 0.3 is 0 Å². The van der Waals surface area contributed by atoms with Crippen molar-refractivity contribution in [1.29, 1.82) is 0 Å². The molecule has 1 saturated carbocycles. The number of ether oxygens (including phenoxy) is 2. The SMILES string of the molecule is CCN(CC)c1ccc(/N=N/c2nc(N3CCOCC3)c(/C=C(/C(C)=O)C(=O)Nc3cccc(S(=O)(=O)O)c3)s2)c(Nc2nc(Nc3cc(N(CC)CC)ccc3/N=N/c3nc(N4CCOCC4)c(/C=C(\C(C)=O)C(=O)Nc4cccc(S(=O)(=O)O)c4)s3)nc(SC3CCCCC3)n2)c1. The molecule has 0 radical (unpaired) electrons. The zero-order valence-corrected chi connectivity index (χ0v) is 59.3. The lowest BCUT2D eigenvalue weighted by Gasteiger charge is -2.27. The van der Waals surface area contributed by atoms with E-state index in [2.05, 4.69) is 69.0 Å². The lowest BCUT2D eigenvalue weighted by Crippen LogP contribution is -2.36. The molecule has 3 aromatic heterocycles. The first-order chi connectivity index (χ1) is 47.5. The Kier molecular flexibility index (Phi) is 24.4. The number of benzene rings is 4. The van der Waals surface area contributed by atoms with Crippen molar-refractivity contribution in [3.05, 3.63) is 106 Å². The number of carbonyl (C=O) groups is 4. The summed E-state index contributed by atoms with van der Waals surface area (Å²) in [4.78, 5) is 87.1. The van der Waals surface area contributed by atoms with E-state index in [-0.39, 0.29) is 49.9 Å². The van der Waals surface area contributed by atoms with E-state index in [1.54, 1.807) is 11.8 Å². The average molecular weight is 1450 g/mol. The van der Waals surface area contributed by atoms with Gasteiger partial charge in [0, 0.05) is 80.4 Å². The molecule has 34 heteroatoms. The molecule has 5 heterocycles. The number of ketones is 2. The van der Waals surface area contributed by atoms with Gasteiger partial charge in [0.2, 0.25) is 22.2 Å². The molecule has 6 N–H and O–H groups in total. The number of amides is 2. The molecule has 522 valence electrons. The van der Waals surface area contributed by atoms with Gasteiger partial charge in [-0.25, -0.2) is 0 Å². The fourth-order valence-electron chi connectivity index (χ4n) is 11.0. The van der Waals surface area contributed by atoms with Crippen molar-refractivity contribution in [2.24, 2.45) is 20.5 Å². The zero-order chi connectivity index (χ0) is 70.4. The Morgan fingerprint density at radius 3 is 1.37 bits per heavy atom. The van der Waals surface area contributed by atoms with Gasteiger partial charge in [-0.15, -0.1) is 20.5 Å². The molecule has 29 nitrogen and oxygen atoms in total. The number of carbonyl (C=O) groups excluding carboxylic acids is 4. The highest BCUT2D eigenvalue weighted by atomic mass is 32.2. The number of Topliss-reactive ketones (excluding diaryl/α,β-unsaturated/α-hetero) is 2. The van der Waals surface area contributed by atoms with Crippen LogP contribution in [0.1, 0.15) is 83.4 Å². The van der Waals surface area contributed by atoms with E-state index < -0.39 is 53.4 Å². The Bertz CT molecular complexity index is 4210. The minimum absolute atomic E-state index is 0.0342. The number of aromatic nitrogens is 5. The van der Waals surface area contributed by atoms with Crippen LogP contribution in [0.4, 0.5) is 79.3 Å². The van der Waals surface area contributed by atoms with Crippen LogP contribution in [0.2, 0.25) is 0 Å².